The quantitative estimate of drug-likeness (QED) is 0.492. The van der Waals surface area contributed by atoms with Crippen molar-refractivity contribution in [3.63, 3.8) is 0 Å². The predicted octanol–water partition coefficient (Wildman–Crippen LogP) is 1.93. The smallest absolute Gasteiger partial charge is 0.368 e. The van der Waals surface area contributed by atoms with Crippen molar-refractivity contribution < 1.29 is 32.1 Å². The number of ether oxygens (including phenoxy) is 1. The fourth-order valence-corrected chi connectivity index (χ4v) is 1.68. The summed E-state index contributed by atoms with van der Waals surface area (Å²) in [6.07, 6.45) is -1.58. The third-order valence-electron chi connectivity index (χ3n) is 2.60. The maximum Gasteiger partial charge on any atom is 0.575 e. The van der Waals surface area contributed by atoms with Gasteiger partial charge in [0.25, 0.3) is 0 Å². The van der Waals surface area contributed by atoms with Gasteiger partial charge in [0.05, 0.1) is 6.20 Å². The van der Waals surface area contributed by atoms with Gasteiger partial charge in [0, 0.05) is 5.56 Å². The molecule has 2 rings (SSSR count). The number of Topliss-reactive ketones (excluding diaryl/α,β-unsaturated/α-hetero) is 1. The summed E-state index contributed by atoms with van der Waals surface area (Å²) < 4.78 is 40.5. The number of hydrogen-bond donors (Lipinski definition) is 0. The lowest BCUT2D eigenvalue weighted by Gasteiger charge is -2.05. The Morgan fingerprint density at radius 1 is 1.18 bits per heavy atom. The molecule has 1 aromatic heterocycles. The van der Waals surface area contributed by atoms with Crippen LogP contribution in [0.1, 0.15) is 20.8 Å². The summed E-state index contributed by atoms with van der Waals surface area (Å²) in [4.78, 5) is 26.7. The van der Waals surface area contributed by atoms with Crippen LogP contribution in [0.5, 0.6) is 0 Å². The van der Waals surface area contributed by atoms with E-state index in [-0.39, 0.29) is 12.3 Å². The molecule has 0 unspecified atom stereocenters. The number of rotatable bonds is 4. The van der Waals surface area contributed by atoms with Crippen molar-refractivity contribution in [1.82, 2.24) is 4.98 Å². The normalized spacial score (nSPS) is 11.0. The second-order valence-corrected chi connectivity index (χ2v) is 4.24. The molecule has 1 heterocycles. The number of carbonyl (C=O) groups is 2. The summed E-state index contributed by atoms with van der Waals surface area (Å²) >= 11 is 0. The fraction of sp³-hybridized carbons (Fsp3) is 0.143. The fourth-order valence-electron chi connectivity index (χ4n) is 1.68. The summed E-state index contributed by atoms with van der Waals surface area (Å²) in [5.74, 6) is -1.89. The molecule has 0 saturated carbocycles. The number of ketones is 1. The highest BCUT2D eigenvalue weighted by Gasteiger charge is 2.35. The van der Waals surface area contributed by atoms with Crippen molar-refractivity contribution in [3.8, 4) is 0 Å². The van der Waals surface area contributed by atoms with E-state index in [1.54, 1.807) is 30.3 Å². The highest BCUT2D eigenvalue weighted by molar-refractivity contribution is 5.95. The van der Waals surface area contributed by atoms with Gasteiger partial charge in [-0.15, -0.1) is 13.2 Å². The SMILES string of the molecule is O=C(C[n+]1ccnc(C(=O)OC(F)(F)F)c1)c1ccccc1. The number of benzene rings is 1. The molecule has 0 spiro atoms. The van der Waals surface area contributed by atoms with Crippen LogP contribution < -0.4 is 4.57 Å². The first kappa shape index (κ1) is 15.6. The van der Waals surface area contributed by atoms with Crippen LogP contribution in [-0.4, -0.2) is 23.1 Å². The van der Waals surface area contributed by atoms with Crippen LogP contribution in [0, 0.1) is 0 Å². The Morgan fingerprint density at radius 2 is 1.86 bits per heavy atom. The van der Waals surface area contributed by atoms with Crippen LogP contribution in [0.2, 0.25) is 0 Å². The lowest BCUT2D eigenvalue weighted by molar-refractivity contribution is -0.683. The summed E-state index contributed by atoms with van der Waals surface area (Å²) in [6.45, 7) is -0.140. The van der Waals surface area contributed by atoms with Gasteiger partial charge in [-0.3, -0.25) is 4.79 Å². The van der Waals surface area contributed by atoms with Crippen LogP contribution in [0.25, 0.3) is 0 Å². The van der Waals surface area contributed by atoms with E-state index in [9.17, 15) is 22.8 Å². The van der Waals surface area contributed by atoms with Crippen molar-refractivity contribution in [2.24, 2.45) is 0 Å². The Bertz CT molecular complexity index is 687. The summed E-state index contributed by atoms with van der Waals surface area (Å²) in [7, 11) is 0. The number of alkyl halides is 3. The van der Waals surface area contributed by atoms with Gasteiger partial charge in [-0.05, 0) is 0 Å². The van der Waals surface area contributed by atoms with Gasteiger partial charge < -0.3 is 4.74 Å². The second-order valence-electron chi connectivity index (χ2n) is 4.24. The molecule has 0 aliphatic carbocycles. The molecule has 1 aromatic carbocycles. The maximum atomic E-state index is 12.0. The molecule has 0 N–H and O–H groups in total. The first-order valence-corrected chi connectivity index (χ1v) is 6.08. The number of halogens is 3. The number of nitrogens with zero attached hydrogens (tertiary/aromatic N) is 2. The third-order valence-corrected chi connectivity index (χ3v) is 2.60. The summed E-state index contributed by atoms with van der Waals surface area (Å²) in [6, 6.07) is 8.36. The Morgan fingerprint density at radius 3 is 2.50 bits per heavy atom. The largest absolute Gasteiger partial charge is 0.575 e. The van der Waals surface area contributed by atoms with Crippen LogP contribution in [0.15, 0.2) is 48.9 Å². The van der Waals surface area contributed by atoms with Crippen molar-refractivity contribution >= 4 is 11.8 Å². The number of esters is 1. The van der Waals surface area contributed by atoms with Crippen LogP contribution in [0.3, 0.4) is 0 Å². The molecule has 114 valence electrons. The molecule has 0 saturated heterocycles. The van der Waals surface area contributed by atoms with E-state index in [1.807, 2.05) is 0 Å². The van der Waals surface area contributed by atoms with E-state index in [0.717, 1.165) is 12.4 Å². The molecule has 0 radical (unpaired) electrons. The Hall–Kier alpha value is -2.77. The van der Waals surface area contributed by atoms with Gasteiger partial charge in [0.15, 0.2) is 6.20 Å². The number of hydrogen-bond acceptors (Lipinski definition) is 4. The van der Waals surface area contributed by atoms with Gasteiger partial charge in [-0.1, -0.05) is 30.3 Å². The molecule has 0 aliphatic rings. The standard InChI is InChI=1S/C14H10F3N2O3/c15-14(16,17)22-13(21)11-8-19(7-6-18-11)9-12(20)10-4-2-1-3-5-10/h1-8H,9H2/q+1. The van der Waals surface area contributed by atoms with Gasteiger partial charge in [-0.2, -0.15) is 4.57 Å². The topological polar surface area (TPSA) is 60.1 Å². The molecule has 2 aromatic rings. The molecule has 0 bridgehead atoms. The molecule has 5 nitrogen and oxygen atoms in total. The predicted molar refractivity (Wildman–Crippen MR) is 66.7 cm³/mol. The minimum absolute atomic E-state index is 0.140. The van der Waals surface area contributed by atoms with Gasteiger partial charge >= 0.3 is 12.3 Å². The molecule has 0 aliphatic heterocycles. The Labute approximate surface area is 123 Å². The Kier molecular flexibility index (Phi) is 4.50. The average Bonchev–Trinajstić information content (AvgIpc) is 2.46. The first-order valence-electron chi connectivity index (χ1n) is 6.08. The van der Waals surface area contributed by atoms with Crippen LogP contribution >= 0.6 is 0 Å². The highest BCUT2D eigenvalue weighted by Crippen LogP contribution is 2.17. The molecular weight excluding hydrogens is 301 g/mol. The molecule has 8 heteroatoms. The zero-order valence-electron chi connectivity index (χ0n) is 11.1. The summed E-state index contributed by atoms with van der Waals surface area (Å²) in [5.41, 5.74) is -0.0908. The molecular formula is C14H10F3N2O3+. The maximum absolute atomic E-state index is 12.0. The lowest BCUT2D eigenvalue weighted by Crippen LogP contribution is -2.39. The van der Waals surface area contributed by atoms with E-state index in [1.165, 1.54) is 10.8 Å². The zero-order valence-corrected chi connectivity index (χ0v) is 11.1. The van der Waals surface area contributed by atoms with E-state index in [0.29, 0.717) is 5.56 Å². The minimum atomic E-state index is -5.08. The zero-order chi connectivity index (χ0) is 16.2. The Balaban J connectivity index is 2.12. The number of carbonyl (C=O) groups excluding carboxylic acids is 2. The highest BCUT2D eigenvalue weighted by atomic mass is 19.4. The van der Waals surface area contributed by atoms with Gasteiger partial charge in [0.2, 0.25) is 24.2 Å². The molecule has 22 heavy (non-hydrogen) atoms. The van der Waals surface area contributed by atoms with Crippen molar-refractivity contribution in [2.45, 2.75) is 12.9 Å². The van der Waals surface area contributed by atoms with Crippen molar-refractivity contribution in [2.75, 3.05) is 0 Å². The first-order chi connectivity index (χ1) is 10.3. The third kappa shape index (κ3) is 4.37. The van der Waals surface area contributed by atoms with Crippen LogP contribution in [-0.2, 0) is 11.3 Å². The molecule has 0 fully saturated rings. The molecule has 0 amide bonds. The van der Waals surface area contributed by atoms with E-state index < -0.39 is 18.0 Å². The lowest BCUT2D eigenvalue weighted by atomic mass is 10.1. The van der Waals surface area contributed by atoms with Crippen molar-refractivity contribution in [3.05, 3.63) is 60.2 Å². The van der Waals surface area contributed by atoms with Crippen LogP contribution in [0.4, 0.5) is 13.2 Å². The average molecular weight is 311 g/mol. The van der Waals surface area contributed by atoms with Crippen molar-refractivity contribution in [1.29, 1.82) is 0 Å². The van der Waals surface area contributed by atoms with E-state index in [2.05, 4.69) is 9.72 Å². The van der Waals surface area contributed by atoms with Gasteiger partial charge in [-0.25, -0.2) is 9.78 Å². The van der Waals surface area contributed by atoms with E-state index >= 15 is 0 Å². The second kappa shape index (κ2) is 6.33. The monoisotopic (exact) mass is 311 g/mol. The summed E-state index contributed by atoms with van der Waals surface area (Å²) in [5, 5.41) is 0. The minimum Gasteiger partial charge on any atom is -0.368 e. The van der Waals surface area contributed by atoms with Gasteiger partial charge in [0.1, 0.15) is 0 Å². The number of aromatic nitrogens is 2. The molecule has 0 atom stereocenters. The van der Waals surface area contributed by atoms with E-state index in [4.69, 9.17) is 0 Å².